The quantitative estimate of drug-likeness (QED) is 0.475. The summed E-state index contributed by atoms with van der Waals surface area (Å²) in [6.07, 6.45) is -0.777. The second-order valence-corrected chi connectivity index (χ2v) is 8.17. The van der Waals surface area contributed by atoms with Gasteiger partial charge in [0.1, 0.15) is 12.6 Å². The molecule has 3 rings (SSSR count). The molecule has 0 bridgehead atoms. The molecule has 0 heterocycles. The number of carbonyl (C=O) groups excluding carboxylic acids is 2. The maximum Gasteiger partial charge on any atom is 0.407 e. The minimum atomic E-state index is -1.38. The van der Waals surface area contributed by atoms with Crippen LogP contribution in [0.2, 0.25) is 0 Å². The molecule has 8 heteroatoms. The third-order valence-electron chi connectivity index (χ3n) is 5.67. The summed E-state index contributed by atoms with van der Waals surface area (Å²) in [5.41, 5.74) is 4.46. The minimum absolute atomic E-state index is 0.0742. The number of aliphatic hydroxyl groups excluding tert-OH is 1. The molecule has 1 aliphatic carbocycles. The molecule has 0 unspecified atom stereocenters. The molecule has 2 aromatic rings. The number of carboxylic acids is 1. The lowest BCUT2D eigenvalue weighted by atomic mass is 9.98. The highest BCUT2D eigenvalue weighted by atomic mass is 16.5. The molecule has 1 aliphatic rings. The van der Waals surface area contributed by atoms with Gasteiger partial charge in [-0.25, -0.2) is 9.59 Å². The van der Waals surface area contributed by atoms with Gasteiger partial charge in [-0.15, -0.1) is 0 Å². The molecule has 0 aromatic heterocycles. The standard InChI is InChI=1S/C24H28N2O6/c1-14(2)20(11-22(28)25-21(12-27)23(29)30)26-24(31)32-13-19-17-9-5-3-7-15(17)16-8-4-6-10-18(16)19/h3-10,14,19-21,27H,11-13H2,1-2H3,(H,25,28)(H,26,31)(H,29,30)/t20-,21-/m0/s1. The number of benzene rings is 2. The topological polar surface area (TPSA) is 125 Å². The molecule has 0 spiro atoms. The van der Waals surface area contributed by atoms with Crippen molar-refractivity contribution in [3.8, 4) is 11.1 Å². The van der Waals surface area contributed by atoms with Crippen LogP contribution in [0.5, 0.6) is 0 Å². The van der Waals surface area contributed by atoms with Crippen molar-refractivity contribution in [3.05, 3.63) is 59.7 Å². The first-order valence-electron chi connectivity index (χ1n) is 10.6. The monoisotopic (exact) mass is 440 g/mol. The number of hydrogen-bond donors (Lipinski definition) is 4. The molecule has 170 valence electrons. The molecular weight excluding hydrogens is 412 g/mol. The summed E-state index contributed by atoms with van der Waals surface area (Å²) in [5.74, 6) is -2.08. The van der Waals surface area contributed by atoms with Crippen LogP contribution in [0.1, 0.15) is 37.3 Å². The van der Waals surface area contributed by atoms with Crippen LogP contribution in [-0.2, 0) is 14.3 Å². The fraction of sp³-hybridized carbons (Fsp3) is 0.375. The van der Waals surface area contributed by atoms with Crippen molar-refractivity contribution < 1.29 is 29.3 Å². The molecule has 0 aliphatic heterocycles. The van der Waals surface area contributed by atoms with Crippen molar-refractivity contribution in [2.24, 2.45) is 5.92 Å². The van der Waals surface area contributed by atoms with Gasteiger partial charge < -0.3 is 25.6 Å². The van der Waals surface area contributed by atoms with Crippen molar-refractivity contribution >= 4 is 18.0 Å². The Labute approximate surface area is 186 Å². The number of aliphatic hydroxyl groups is 1. The van der Waals surface area contributed by atoms with Crippen LogP contribution in [0.3, 0.4) is 0 Å². The number of aliphatic carboxylic acids is 1. The van der Waals surface area contributed by atoms with Crippen LogP contribution < -0.4 is 10.6 Å². The highest BCUT2D eigenvalue weighted by Crippen LogP contribution is 2.44. The number of nitrogens with one attached hydrogen (secondary N) is 2. The second-order valence-electron chi connectivity index (χ2n) is 8.17. The third-order valence-corrected chi connectivity index (χ3v) is 5.67. The third kappa shape index (κ3) is 5.26. The van der Waals surface area contributed by atoms with Gasteiger partial charge in [-0.05, 0) is 28.2 Å². The van der Waals surface area contributed by atoms with Gasteiger partial charge in [0.25, 0.3) is 0 Å². The van der Waals surface area contributed by atoms with Crippen LogP contribution in [0, 0.1) is 5.92 Å². The summed E-state index contributed by atoms with van der Waals surface area (Å²) in [5, 5.41) is 23.0. The van der Waals surface area contributed by atoms with Crippen molar-refractivity contribution in [2.75, 3.05) is 13.2 Å². The molecule has 32 heavy (non-hydrogen) atoms. The van der Waals surface area contributed by atoms with E-state index in [1.165, 1.54) is 0 Å². The van der Waals surface area contributed by atoms with Crippen LogP contribution in [0.4, 0.5) is 4.79 Å². The van der Waals surface area contributed by atoms with E-state index < -0.39 is 36.7 Å². The Morgan fingerprint density at radius 3 is 2.03 bits per heavy atom. The predicted molar refractivity (Wildman–Crippen MR) is 118 cm³/mol. The average molecular weight is 440 g/mol. The summed E-state index contributed by atoms with van der Waals surface area (Å²) in [4.78, 5) is 35.7. The number of amides is 2. The summed E-state index contributed by atoms with van der Waals surface area (Å²) in [6, 6.07) is 14.1. The highest BCUT2D eigenvalue weighted by molar-refractivity contribution is 5.84. The first-order valence-corrected chi connectivity index (χ1v) is 10.6. The Kier molecular flexibility index (Phi) is 7.48. The molecule has 0 saturated carbocycles. The fourth-order valence-corrected chi connectivity index (χ4v) is 3.88. The lowest BCUT2D eigenvalue weighted by Gasteiger charge is -2.23. The molecule has 0 radical (unpaired) electrons. The number of rotatable bonds is 9. The van der Waals surface area contributed by atoms with Gasteiger partial charge in [-0.1, -0.05) is 62.4 Å². The molecule has 2 atom stereocenters. The summed E-state index contributed by atoms with van der Waals surface area (Å²) in [6.45, 7) is 3.11. The Balaban J connectivity index is 1.61. The zero-order valence-corrected chi connectivity index (χ0v) is 18.1. The number of fused-ring (bicyclic) bond motifs is 3. The lowest BCUT2D eigenvalue weighted by molar-refractivity contribution is -0.143. The van der Waals surface area contributed by atoms with Crippen LogP contribution >= 0.6 is 0 Å². The molecule has 2 aromatic carbocycles. The Hall–Kier alpha value is -3.39. The van der Waals surface area contributed by atoms with Crippen molar-refractivity contribution in [1.82, 2.24) is 10.6 Å². The molecule has 8 nitrogen and oxygen atoms in total. The number of carboxylic acid groups (broad SMARTS) is 1. The van der Waals surface area contributed by atoms with E-state index in [4.69, 9.17) is 14.9 Å². The normalized spacial score (nSPS) is 14.2. The van der Waals surface area contributed by atoms with Gasteiger partial charge >= 0.3 is 12.1 Å². The Morgan fingerprint density at radius 2 is 1.53 bits per heavy atom. The van der Waals surface area contributed by atoms with E-state index in [2.05, 4.69) is 22.8 Å². The van der Waals surface area contributed by atoms with Gasteiger partial charge in [0.05, 0.1) is 6.61 Å². The van der Waals surface area contributed by atoms with Crippen molar-refractivity contribution in [3.63, 3.8) is 0 Å². The smallest absolute Gasteiger partial charge is 0.407 e. The summed E-state index contributed by atoms with van der Waals surface area (Å²) in [7, 11) is 0. The molecule has 0 saturated heterocycles. The van der Waals surface area contributed by atoms with Crippen LogP contribution in [0.25, 0.3) is 11.1 Å². The van der Waals surface area contributed by atoms with E-state index in [0.29, 0.717) is 0 Å². The van der Waals surface area contributed by atoms with E-state index >= 15 is 0 Å². The van der Waals surface area contributed by atoms with Gasteiger partial charge in [-0.3, -0.25) is 4.79 Å². The first kappa shape index (κ1) is 23.3. The van der Waals surface area contributed by atoms with E-state index in [0.717, 1.165) is 22.3 Å². The number of alkyl carbamates (subject to hydrolysis) is 1. The minimum Gasteiger partial charge on any atom is -0.480 e. The zero-order chi connectivity index (χ0) is 23.3. The van der Waals surface area contributed by atoms with Gasteiger partial charge in [0.15, 0.2) is 0 Å². The predicted octanol–water partition coefficient (Wildman–Crippen LogP) is 2.50. The molecular formula is C24H28N2O6. The largest absolute Gasteiger partial charge is 0.480 e. The maximum atomic E-state index is 12.5. The number of hydrogen-bond acceptors (Lipinski definition) is 5. The number of carbonyl (C=O) groups is 3. The SMILES string of the molecule is CC(C)[C@H](CC(=O)N[C@@H](CO)C(=O)O)NC(=O)OCC1c2ccccc2-c2ccccc21. The fourth-order valence-electron chi connectivity index (χ4n) is 3.88. The van der Waals surface area contributed by atoms with Crippen LogP contribution in [-0.4, -0.2) is 53.5 Å². The first-order chi connectivity index (χ1) is 15.3. The summed E-state index contributed by atoms with van der Waals surface area (Å²) < 4.78 is 5.53. The second kappa shape index (κ2) is 10.3. The van der Waals surface area contributed by atoms with E-state index in [1.54, 1.807) is 0 Å². The van der Waals surface area contributed by atoms with E-state index in [-0.39, 0.29) is 24.9 Å². The van der Waals surface area contributed by atoms with Crippen molar-refractivity contribution in [1.29, 1.82) is 0 Å². The van der Waals surface area contributed by atoms with Crippen LogP contribution in [0.15, 0.2) is 48.5 Å². The summed E-state index contributed by atoms with van der Waals surface area (Å²) >= 11 is 0. The molecule has 2 amide bonds. The Bertz CT molecular complexity index is 944. The van der Waals surface area contributed by atoms with E-state index in [9.17, 15) is 14.4 Å². The van der Waals surface area contributed by atoms with Gasteiger partial charge in [0, 0.05) is 18.4 Å². The van der Waals surface area contributed by atoms with Crippen molar-refractivity contribution in [2.45, 2.75) is 38.3 Å². The van der Waals surface area contributed by atoms with Gasteiger partial charge in [-0.2, -0.15) is 0 Å². The number of ether oxygens (including phenoxy) is 1. The van der Waals surface area contributed by atoms with Gasteiger partial charge in [0.2, 0.25) is 5.91 Å². The highest BCUT2D eigenvalue weighted by Gasteiger charge is 2.30. The van der Waals surface area contributed by atoms with E-state index in [1.807, 2.05) is 50.2 Å². The molecule has 0 fully saturated rings. The maximum absolute atomic E-state index is 12.5. The average Bonchev–Trinajstić information content (AvgIpc) is 3.09. The molecule has 4 N–H and O–H groups in total. The Morgan fingerprint density at radius 1 is 0.969 bits per heavy atom. The lowest BCUT2D eigenvalue weighted by Crippen LogP contribution is -2.47. The zero-order valence-electron chi connectivity index (χ0n) is 18.1.